The van der Waals surface area contributed by atoms with Gasteiger partial charge in [-0.25, -0.2) is 0 Å². The Bertz CT molecular complexity index is 283. The summed E-state index contributed by atoms with van der Waals surface area (Å²) in [5, 5.41) is 3.89. The highest BCUT2D eigenvalue weighted by molar-refractivity contribution is 4.95. The van der Waals surface area contributed by atoms with Gasteiger partial charge in [0.05, 0.1) is 6.10 Å². The number of hydrogen-bond acceptors (Lipinski definition) is 3. The van der Waals surface area contributed by atoms with Gasteiger partial charge in [-0.1, -0.05) is 19.3 Å². The third-order valence-electron chi connectivity index (χ3n) is 5.51. The Hall–Kier alpha value is -0.120. The summed E-state index contributed by atoms with van der Waals surface area (Å²) in [6.07, 6.45) is 14.2. The van der Waals surface area contributed by atoms with Crippen molar-refractivity contribution in [2.75, 3.05) is 32.8 Å². The molecule has 1 saturated carbocycles. The zero-order chi connectivity index (χ0) is 13.7. The first-order chi connectivity index (χ1) is 9.86. The number of nitrogens with zero attached hydrogens (tertiary/aromatic N) is 1. The molecule has 0 radical (unpaired) electrons. The van der Waals surface area contributed by atoms with Crippen LogP contribution in [0.4, 0.5) is 0 Å². The maximum absolute atomic E-state index is 5.75. The van der Waals surface area contributed by atoms with Gasteiger partial charge in [0.1, 0.15) is 0 Å². The lowest BCUT2D eigenvalue weighted by Gasteiger charge is -2.40. The predicted octanol–water partition coefficient (Wildman–Crippen LogP) is 2.94. The molecule has 2 aliphatic heterocycles. The van der Waals surface area contributed by atoms with E-state index in [9.17, 15) is 0 Å². The SMILES string of the molecule is C1CCC2(CC1)CN(CCCC1CCCO1)CCCN2. The molecule has 3 rings (SSSR count). The fraction of sp³-hybridized carbons (Fsp3) is 1.00. The van der Waals surface area contributed by atoms with Gasteiger partial charge in [0.25, 0.3) is 0 Å². The maximum Gasteiger partial charge on any atom is 0.0576 e. The summed E-state index contributed by atoms with van der Waals surface area (Å²) in [5.74, 6) is 0. The van der Waals surface area contributed by atoms with Crippen LogP contribution in [0.15, 0.2) is 0 Å². The van der Waals surface area contributed by atoms with E-state index in [1.807, 2.05) is 0 Å². The van der Waals surface area contributed by atoms with Gasteiger partial charge in [-0.2, -0.15) is 0 Å². The minimum Gasteiger partial charge on any atom is -0.378 e. The summed E-state index contributed by atoms with van der Waals surface area (Å²) in [6, 6.07) is 0. The van der Waals surface area contributed by atoms with E-state index in [2.05, 4.69) is 10.2 Å². The Morgan fingerprint density at radius 1 is 1.10 bits per heavy atom. The molecule has 20 heavy (non-hydrogen) atoms. The molecule has 0 aromatic heterocycles. The second-order valence-corrected chi connectivity index (χ2v) is 7.17. The highest BCUT2D eigenvalue weighted by Gasteiger charge is 2.34. The number of nitrogens with one attached hydrogen (secondary N) is 1. The van der Waals surface area contributed by atoms with Crippen molar-refractivity contribution in [1.82, 2.24) is 10.2 Å². The Labute approximate surface area is 124 Å². The first-order valence-electron chi connectivity index (χ1n) is 8.95. The van der Waals surface area contributed by atoms with Crippen LogP contribution in [0.5, 0.6) is 0 Å². The summed E-state index contributed by atoms with van der Waals surface area (Å²) >= 11 is 0. The van der Waals surface area contributed by atoms with Crippen molar-refractivity contribution in [2.45, 2.75) is 75.9 Å². The molecule has 3 heteroatoms. The maximum atomic E-state index is 5.75. The van der Waals surface area contributed by atoms with E-state index < -0.39 is 0 Å². The second-order valence-electron chi connectivity index (χ2n) is 7.17. The molecule has 0 bridgehead atoms. The van der Waals surface area contributed by atoms with E-state index in [0.29, 0.717) is 11.6 Å². The van der Waals surface area contributed by atoms with Gasteiger partial charge in [-0.15, -0.1) is 0 Å². The van der Waals surface area contributed by atoms with Crippen molar-refractivity contribution in [3.63, 3.8) is 0 Å². The molecule has 1 aliphatic carbocycles. The van der Waals surface area contributed by atoms with Crippen molar-refractivity contribution < 1.29 is 4.74 Å². The molecular formula is C17H32N2O. The van der Waals surface area contributed by atoms with E-state index in [1.54, 1.807) is 0 Å². The lowest BCUT2D eigenvalue weighted by atomic mass is 9.81. The molecular weight excluding hydrogens is 248 g/mol. The third-order valence-corrected chi connectivity index (χ3v) is 5.51. The number of rotatable bonds is 4. The Morgan fingerprint density at radius 3 is 2.80 bits per heavy atom. The van der Waals surface area contributed by atoms with Gasteiger partial charge in [0.15, 0.2) is 0 Å². The van der Waals surface area contributed by atoms with Crippen LogP contribution in [0.25, 0.3) is 0 Å². The lowest BCUT2D eigenvalue weighted by molar-refractivity contribution is 0.0961. The van der Waals surface area contributed by atoms with Crippen LogP contribution in [0.1, 0.15) is 64.2 Å². The molecule has 0 amide bonds. The molecule has 1 spiro atoms. The third kappa shape index (κ3) is 3.96. The first kappa shape index (κ1) is 14.8. The van der Waals surface area contributed by atoms with Gasteiger partial charge < -0.3 is 15.0 Å². The normalized spacial score (nSPS) is 31.5. The van der Waals surface area contributed by atoms with E-state index in [4.69, 9.17) is 4.74 Å². The molecule has 2 saturated heterocycles. The van der Waals surface area contributed by atoms with Gasteiger partial charge in [0, 0.05) is 18.7 Å². The highest BCUT2D eigenvalue weighted by atomic mass is 16.5. The summed E-state index contributed by atoms with van der Waals surface area (Å²) < 4.78 is 5.75. The van der Waals surface area contributed by atoms with Crippen molar-refractivity contribution in [2.24, 2.45) is 0 Å². The van der Waals surface area contributed by atoms with Crippen LogP contribution in [-0.2, 0) is 4.74 Å². The zero-order valence-corrected chi connectivity index (χ0v) is 13.0. The van der Waals surface area contributed by atoms with E-state index >= 15 is 0 Å². The Balaban J connectivity index is 1.45. The predicted molar refractivity (Wildman–Crippen MR) is 83.1 cm³/mol. The second kappa shape index (κ2) is 7.24. The Morgan fingerprint density at radius 2 is 2.00 bits per heavy atom. The summed E-state index contributed by atoms with van der Waals surface area (Å²) in [7, 11) is 0. The fourth-order valence-corrected chi connectivity index (χ4v) is 4.39. The van der Waals surface area contributed by atoms with Crippen molar-refractivity contribution in [3.8, 4) is 0 Å². The van der Waals surface area contributed by atoms with Crippen molar-refractivity contribution >= 4 is 0 Å². The molecule has 0 aromatic carbocycles. The van der Waals surface area contributed by atoms with E-state index in [0.717, 1.165) is 6.61 Å². The first-order valence-corrected chi connectivity index (χ1v) is 8.95. The summed E-state index contributed by atoms with van der Waals surface area (Å²) in [5.41, 5.74) is 0.457. The number of ether oxygens (including phenoxy) is 1. The average molecular weight is 280 g/mol. The van der Waals surface area contributed by atoms with Gasteiger partial charge >= 0.3 is 0 Å². The largest absolute Gasteiger partial charge is 0.378 e. The van der Waals surface area contributed by atoms with Crippen LogP contribution in [0, 0.1) is 0 Å². The minimum atomic E-state index is 0.457. The van der Waals surface area contributed by atoms with Gasteiger partial charge in [-0.05, 0) is 64.6 Å². The molecule has 2 heterocycles. The Kier molecular flexibility index (Phi) is 5.36. The lowest BCUT2D eigenvalue weighted by Crippen LogP contribution is -2.52. The topological polar surface area (TPSA) is 24.5 Å². The molecule has 3 aliphatic rings. The van der Waals surface area contributed by atoms with E-state index in [1.165, 1.54) is 90.4 Å². The average Bonchev–Trinajstić information content (AvgIpc) is 2.90. The van der Waals surface area contributed by atoms with Crippen LogP contribution >= 0.6 is 0 Å². The zero-order valence-electron chi connectivity index (χ0n) is 13.0. The van der Waals surface area contributed by atoms with Crippen LogP contribution in [0.2, 0.25) is 0 Å². The van der Waals surface area contributed by atoms with Crippen LogP contribution in [0.3, 0.4) is 0 Å². The molecule has 1 atom stereocenters. The highest BCUT2D eigenvalue weighted by Crippen LogP contribution is 2.30. The van der Waals surface area contributed by atoms with Crippen molar-refractivity contribution in [3.05, 3.63) is 0 Å². The van der Waals surface area contributed by atoms with Gasteiger partial charge in [0.2, 0.25) is 0 Å². The molecule has 3 nitrogen and oxygen atoms in total. The smallest absolute Gasteiger partial charge is 0.0576 e. The molecule has 3 fully saturated rings. The molecule has 1 N–H and O–H groups in total. The molecule has 0 aromatic rings. The quantitative estimate of drug-likeness (QED) is 0.857. The molecule has 116 valence electrons. The van der Waals surface area contributed by atoms with Crippen molar-refractivity contribution in [1.29, 1.82) is 0 Å². The van der Waals surface area contributed by atoms with Gasteiger partial charge in [-0.3, -0.25) is 0 Å². The molecule has 1 unspecified atom stereocenters. The fourth-order valence-electron chi connectivity index (χ4n) is 4.39. The summed E-state index contributed by atoms with van der Waals surface area (Å²) in [4.78, 5) is 2.74. The monoisotopic (exact) mass is 280 g/mol. The van der Waals surface area contributed by atoms with E-state index in [-0.39, 0.29) is 0 Å². The number of hydrogen-bond donors (Lipinski definition) is 1. The minimum absolute atomic E-state index is 0.457. The standard InChI is InChI=1S/C17H32N2O/c1-2-9-17(10-3-1)15-19(13-6-11-18-17)12-4-7-16-8-5-14-20-16/h16,18H,1-15H2. The van der Waals surface area contributed by atoms with Crippen LogP contribution in [-0.4, -0.2) is 49.3 Å². The summed E-state index contributed by atoms with van der Waals surface area (Å²) in [6.45, 7) is 6.09. The van der Waals surface area contributed by atoms with Crippen LogP contribution < -0.4 is 5.32 Å².